The largest absolute Gasteiger partial charge is 0.353 e. The van der Waals surface area contributed by atoms with Gasteiger partial charge in [-0.25, -0.2) is 0 Å². The van der Waals surface area contributed by atoms with Crippen LogP contribution in [0.2, 0.25) is 0 Å². The van der Waals surface area contributed by atoms with Crippen LogP contribution in [0.5, 0.6) is 0 Å². The van der Waals surface area contributed by atoms with E-state index in [0.29, 0.717) is 12.5 Å². The van der Waals surface area contributed by atoms with Crippen LogP contribution in [-0.4, -0.2) is 24.0 Å². The molecule has 1 aliphatic rings. The van der Waals surface area contributed by atoms with Crippen molar-refractivity contribution in [3.63, 3.8) is 0 Å². The Bertz CT molecular complexity index is 214. The molecule has 0 radical (unpaired) electrons. The van der Waals surface area contributed by atoms with Crippen LogP contribution in [0.25, 0.3) is 0 Å². The second kappa shape index (κ2) is 4.97. The third-order valence-corrected chi connectivity index (χ3v) is 2.75. The van der Waals surface area contributed by atoms with Crippen molar-refractivity contribution in [3.8, 4) is 0 Å². The smallest absolute Gasteiger partial charge is 0.221 e. The Kier molecular flexibility index (Phi) is 4.14. The normalized spacial score (nSPS) is 25.9. The summed E-state index contributed by atoms with van der Waals surface area (Å²) in [5, 5.41) is 6.36. The SMILES string of the molecule is CC1CC(NC(=O)CCNC(C)(C)C)C1. The molecule has 1 rings (SSSR count). The maximum absolute atomic E-state index is 11.5. The standard InChI is InChI=1S/C12H24N2O/c1-9-7-10(8-9)14-11(15)5-6-13-12(2,3)4/h9-10,13H,5-8H2,1-4H3,(H,14,15). The highest BCUT2D eigenvalue weighted by atomic mass is 16.1. The third-order valence-electron chi connectivity index (χ3n) is 2.75. The number of hydrogen-bond acceptors (Lipinski definition) is 2. The fourth-order valence-electron chi connectivity index (χ4n) is 1.87. The molecule has 2 N–H and O–H groups in total. The Morgan fingerprint density at radius 3 is 2.40 bits per heavy atom. The van der Waals surface area contributed by atoms with Gasteiger partial charge in [0.2, 0.25) is 5.91 Å². The van der Waals surface area contributed by atoms with Gasteiger partial charge in [0.05, 0.1) is 0 Å². The molecule has 1 saturated carbocycles. The van der Waals surface area contributed by atoms with Gasteiger partial charge in [-0.05, 0) is 39.5 Å². The molecular formula is C12H24N2O. The summed E-state index contributed by atoms with van der Waals surface area (Å²) in [4.78, 5) is 11.5. The first-order chi connectivity index (χ1) is 6.87. The van der Waals surface area contributed by atoms with Gasteiger partial charge < -0.3 is 10.6 Å². The van der Waals surface area contributed by atoms with Crippen LogP contribution in [0.1, 0.15) is 47.0 Å². The summed E-state index contributed by atoms with van der Waals surface area (Å²) in [5.41, 5.74) is 0.102. The Hall–Kier alpha value is -0.570. The average Bonchev–Trinajstić information content (AvgIpc) is 1.98. The van der Waals surface area contributed by atoms with Crippen molar-refractivity contribution in [1.82, 2.24) is 10.6 Å². The van der Waals surface area contributed by atoms with E-state index in [4.69, 9.17) is 0 Å². The highest BCUT2D eigenvalue weighted by Crippen LogP contribution is 2.26. The first-order valence-electron chi connectivity index (χ1n) is 5.91. The minimum Gasteiger partial charge on any atom is -0.353 e. The van der Waals surface area contributed by atoms with Crippen molar-refractivity contribution < 1.29 is 4.79 Å². The first kappa shape index (κ1) is 12.5. The Morgan fingerprint density at radius 2 is 1.93 bits per heavy atom. The highest BCUT2D eigenvalue weighted by Gasteiger charge is 2.26. The van der Waals surface area contributed by atoms with E-state index in [9.17, 15) is 4.79 Å². The van der Waals surface area contributed by atoms with E-state index in [2.05, 4.69) is 38.3 Å². The number of carbonyl (C=O) groups is 1. The van der Waals surface area contributed by atoms with Crippen molar-refractivity contribution in [2.24, 2.45) is 5.92 Å². The van der Waals surface area contributed by atoms with Gasteiger partial charge in [-0.3, -0.25) is 4.79 Å². The molecule has 1 fully saturated rings. The lowest BCUT2D eigenvalue weighted by Gasteiger charge is -2.33. The third kappa shape index (κ3) is 5.17. The van der Waals surface area contributed by atoms with E-state index in [1.54, 1.807) is 0 Å². The summed E-state index contributed by atoms with van der Waals surface area (Å²) in [6.07, 6.45) is 2.89. The number of amides is 1. The lowest BCUT2D eigenvalue weighted by molar-refractivity contribution is -0.122. The van der Waals surface area contributed by atoms with E-state index in [-0.39, 0.29) is 11.4 Å². The number of carbonyl (C=O) groups excluding carboxylic acids is 1. The Balaban J connectivity index is 2.04. The van der Waals surface area contributed by atoms with Gasteiger partial charge in [-0.1, -0.05) is 6.92 Å². The summed E-state index contributed by atoms with van der Waals surface area (Å²) in [6.45, 7) is 9.32. The molecule has 0 aliphatic heterocycles. The van der Waals surface area contributed by atoms with E-state index < -0.39 is 0 Å². The Labute approximate surface area is 93.0 Å². The highest BCUT2D eigenvalue weighted by molar-refractivity contribution is 5.76. The van der Waals surface area contributed by atoms with Gasteiger partial charge in [-0.2, -0.15) is 0 Å². The lowest BCUT2D eigenvalue weighted by atomic mass is 9.82. The zero-order valence-corrected chi connectivity index (χ0v) is 10.4. The van der Waals surface area contributed by atoms with E-state index in [1.165, 1.54) is 0 Å². The maximum Gasteiger partial charge on any atom is 0.221 e. The van der Waals surface area contributed by atoms with Gasteiger partial charge in [0, 0.05) is 24.5 Å². The van der Waals surface area contributed by atoms with Crippen LogP contribution < -0.4 is 10.6 Å². The van der Waals surface area contributed by atoms with Gasteiger partial charge in [0.15, 0.2) is 0 Å². The quantitative estimate of drug-likeness (QED) is 0.744. The predicted molar refractivity (Wildman–Crippen MR) is 62.7 cm³/mol. The molecule has 3 heteroatoms. The lowest BCUT2D eigenvalue weighted by Crippen LogP contribution is -2.45. The average molecular weight is 212 g/mol. The van der Waals surface area contributed by atoms with Crippen molar-refractivity contribution in [2.45, 2.75) is 58.5 Å². The van der Waals surface area contributed by atoms with Crippen molar-refractivity contribution >= 4 is 5.91 Å². The summed E-state index contributed by atoms with van der Waals surface area (Å²) in [6, 6.07) is 0.446. The van der Waals surface area contributed by atoms with Crippen LogP contribution in [0.4, 0.5) is 0 Å². The maximum atomic E-state index is 11.5. The summed E-state index contributed by atoms with van der Waals surface area (Å²) in [7, 11) is 0. The van der Waals surface area contributed by atoms with Gasteiger partial charge in [0.1, 0.15) is 0 Å². The van der Waals surface area contributed by atoms with E-state index >= 15 is 0 Å². The van der Waals surface area contributed by atoms with Crippen molar-refractivity contribution in [1.29, 1.82) is 0 Å². The number of nitrogens with one attached hydrogen (secondary N) is 2. The fourth-order valence-corrected chi connectivity index (χ4v) is 1.87. The van der Waals surface area contributed by atoms with Crippen LogP contribution in [0, 0.1) is 5.92 Å². The molecule has 0 aromatic heterocycles. The Morgan fingerprint density at radius 1 is 1.33 bits per heavy atom. The monoisotopic (exact) mass is 212 g/mol. The molecule has 0 bridgehead atoms. The topological polar surface area (TPSA) is 41.1 Å². The molecule has 0 spiro atoms. The van der Waals surface area contributed by atoms with Crippen molar-refractivity contribution in [2.75, 3.05) is 6.54 Å². The van der Waals surface area contributed by atoms with Crippen molar-refractivity contribution in [3.05, 3.63) is 0 Å². The summed E-state index contributed by atoms with van der Waals surface area (Å²) >= 11 is 0. The second-order valence-electron chi connectivity index (χ2n) is 5.77. The van der Waals surface area contributed by atoms with Gasteiger partial charge >= 0.3 is 0 Å². The molecule has 3 nitrogen and oxygen atoms in total. The molecule has 0 heterocycles. The fraction of sp³-hybridized carbons (Fsp3) is 0.917. The predicted octanol–water partition coefficient (Wildman–Crippen LogP) is 1.68. The second-order valence-corrected chi connectivity index (χ2v) is 5.77. The molecule has 88 valence electrons. The molecule has 0 unspecified atom stereocenters. The molecule has 15 heavy (non-hydrogen) atoms. The number of rotatable bonds is 4. The van der Waals surface area contributed by atoms with Crippen LogP contribution in [0.3, 0.4) is 0 Å². The van der Waals surface area contributed by atoms with E-state index in [1.807, 2.05) is 0 Å². The van der Waals surface area contributed by atoms with Gasteiger partial charge in [-0.15, -0.1) is 0 Å². The molecular weight excluding hydrogens is 188 g/mol. The zero-order valence-electron chi connectivity index (χ0n) is 10.4. The first-order valence-corrected chi connectivity index (χ1v) is 5.91. The molecule has 0 atom stereocenters. The minimum atomic E-state index is 0.102. The van der Waals surface area contributed by atoms with E-state index in [0.717, 1.165) is 25.3 Å². The van der Waals surface area contributed by atoms with Crippen LogP contribution in [0.15, 0.2) is 0 Å². The summed E-state index contributed by atoms with van der Waals surface area (Å²) < 4.78 is 0. The molecule has 0 aromatic rings. The number of hydrogen-bond donors (Lipinski definition) is 2. The minimum absolute atomic E-state index is 0.102. The molecule has 1 aliphatic carbocycles. The zero-order chi connectivity index (χ0) is 11.5. The molecule has 1 amide bonds. The molecule has 0 aromatic carbocycles. The van der Waals surface area contributed by atoms with Gasteiger partial charge in [0.25, 0.3) is 0 Å². The summed E-state index contributed by atoms with van der Waals surface area (Å²) in [5.74, 6) is 0.978. The molecule has 0 saturated heterocycles. The van der Waals surface area contributed by atoms with Crippen LogP contribution >= 0.6 is 0 Å². The van der Waals surface area contributed by atoms with Crippen LogP contribution in [-0.2, 0) is 4.79 Å².